The molecule has 0 spiro atoms. The summed E-state index contributed by atoms with van der Waals surface area (Å²) in [5, 5.41) is 5.29. The minimum absolute atomic E-state index is 0.114. The van der Waals surface area contributed by atoms with Gasteiger partial charge < -0.3 is 4.90 Å². The van der Waals surface area contributed by atoms with Crippen LogP contribution in [-0.4, -0.2) is 21.1 Å². The molecule has 3 rings (SSSR count). The molecule has 0 aliphatic heterocycles. The molecule has 0 radical (unpaired) electrons. The average Bonchev–Trinajstić information content (AvgIpc) is 2.98. The molecule has 0 atom stereocenters. The Labute approximate surface area is 139 Å². The lowest BCUT2D eigenvalue weighted by Gasteiger charge is -2.22. The number of anilines is 1. The van der Waals surface area contributed by atoms with Crippen LogP contribution in [0.2, 0.25) is 0 Å². The van der Waals surface area contributed by atoms with E-state index in [1.54, 1.807) is 6.07 Å². The number of hydrogen-bond donors (Lipinski definition) is 0. The first-order valence-electron chi connectivity index (χ1n) is 7.78. The summed E-state index contributed by atoms with van der Waals surface area (Å²) < 4.78 is 1.41. The van der Waals surface area contributed by atoms with Crippen molar-refractivity contribution < 1.29 is 0 Å². The topological polar surface area (TPSA) is 50.5 Å². The lowest BCUT2D eigenvalue weighted by atomic mass is 10.2. The Morgan fingerprint density at radius 3 is 2.65 bits per heavy atom. The number of rotatable bonds is 5. The number of para-hydroxylation sites is 1. The maximum absolute atomic E-state index is 12.3. The molecule has 3 aromatic rings. The van der Waals surface area contributed by atoms with Gasteiger partial charge >= 0.3 is 0 Å². The van der Waals surface area contributed by atoms with E-state index in [-0.39, 0.29) is 5.56 Å². The molecule has 0 N–H and O–H groups in total. The summed E-state index contributed by atoms with van der Waals surface area (Å²) in [5.74, 6) is 0.293. The van der Waals surface area contributed by atoms with Crippen LogP contribution in [-0.2, 0) is 6.54 Å². The van der Waals surface area contributed by atoms with E-state index in [1.807, 2.05) is 18.2 Å². The fourth-order valence-electron chi connectivity index (χ4n) is 2.41. The molecule has 2 aromatic heterocycles. The van der Waals surface area contributed by atoms with E-state index in [0.717, 1.165) is 22.9 Å². The van der Waals surface area contributed by atoms with Crippen molar-refractivity contribution in [3.63, 3.8) is 0 Å². The zero-order chi connectivity index (χ0) is 16.4. The first-order chi connectivity index (χ1) is 11.1. The van der Waals surface area contributed by atoms with Crippen molar-refractivity contribution in [1.29, 1.82) is 0 Å². The molecule has 6 heteroatoms. The highest BCUT2D eigenvalue weighted by Crippen LogP contribution is 2.21. The summed E-state index contributed by atoms with van der Waals surface area (Å²) in [7, 11) is 0. The van der Waals surface area contributed by atoms with Crippen molar-refractivity contribution in [2.45, 2.75) is 33.2 Å². The SMILES string of the molecule is CCN(Cc1cc(=O)n2nc(C(C)C)sc2n1)c1ccccc1. The monoisotopic (exact) mass is 328 g/mol. The van der Waals surface area contributed by atoms with Crippen LogP contribution >= 0.6 is 11.3 Å². The van der Waals surface area contributed by atoms with E-state index >= 15 is 0 Å². The maximum Gasteiger partial charge on any atom is 0.275 e. The van der Waals surface area contributed by atoms with Crippen LogP contribution in [0.1, 0.15) is 37.4 Å². The number of aromatic nitrogens is 3. The quantitative estimate of drug-likeness (QED) is 0.721. The van der Waals surface area contributed by atoms with Crippen LogP contribution in [0.25, 0.3) is 4.96 Å². The number of hydrogen-bond acceptors (Lipinski definition) is 5. The Morgan fingerprint density at radius 1 is 1.26 bits per heavy atom. The van der Waals surface area contributed by atoms with Gasteiger partial charge in [-0.15, -0.1) is 0 Å². The Morgan fingerprint density at radius 2 is 2.00 bits per heavy atom. The van der Waals surface area contributed by atoms with Gasteiger partial charge in [0.25, 0.3) is 5.56 Å². The molecule has 0 saturated carbocycles. The van der Waals surface area contributed by atoms with E-state index in [2.05, 4.69) is 47.9 Å². The van der Waals surface area contributed by atoms with E-state index in [1.165, 1.54) is 15.9 Å². The molecule has 120 valence electrons. The molecule has 0 aliphatic carbocycles. The lowest BCUT2D eigenvalue weighted by Crippen LogP contribution is -2.24. The molecular weight excluding hydrogens is 308 g/mol. The Bertz CT molecular complexity index is 854. The molecule has 5 nitrogen and oxygen atoms in total. The molecule has 2 heterocycles. The van der Waals surface area contributed by atoms with Crippen molar-refractivity contribution in [3.05, 3.63) is 57.5 Å². The highest BCUT2D eigenvalue weighted by Gasteiger charge is 2.13. The number of benzene rings is 1. The van der Waals surface area contributed by atoms with Crippen LogP contribution in [0.5, 0.6) is 0 Å². The van der Waals surface area contributed by atoms with Gasteiger partial charge in [-0.2, -0.15) is 9.61 Å². The summed E-state index contributed by atoms with van der Waals surface area (Å²) >= 11 is 1.49. The molecule has 0 fully saturated rings. The van der Waals surface area contributed by atoms with Crippen molar-refractivity contribution >= 4 is 22.0 Å². The molecule has 0 bridgehead atoms. The second-order valence-electron chi connectivity index (χ2n) is 5.72. The first-order valence-corrected chi connectivity index (χ1v) is 8.60. The third-order valence-electron chi connectivity index (χ3n) is 3.66. The average molecular weight is 328 g/mol. The van der Waals surface area contributed by atoms with Crippen LogP contribution in [0.15, 0.2) is 41.2 Å². The summed E-state index contributed by atoms with van der Waals surface area (Å²) in [4.78, 5) is 19.8. The van der Waals surface area contributed by atoms with E-state index in [9.17, 15) is 4.79 Å². The summed E-state index contributed by atoms with van der Waals surface area (Å²) in [6.45, 7) is 7.70. The third kappa shape index (κ3) is 3.27. The third-order valence-corrected chi connectivity index (χ3v) is 4.87. The normalized spacial score (nSPS) is 11.3. The van der Waals surface area contributed by atoms with Crippen molar-refractivity contribution in [3.8, 4) is 0 Å². The van der Waals surface area contributed by atoms with Crippen LogP contribution < -0.4 is 10.5 Å². The smallest absolute Gasteiger partial charge is 0.275 e. The van der Waals surface area contributed by atoms with Gasteiger partial charge in [-0.25, -0.2) is 4.98 Å². The zero-order valence-electron chi connectivity index (χ0n) is 13.6. The van der Waals surface area contributed by atoms with Gasteiger partial charge in [-0.1, -0.05) is 43.4 Å². The minimum atomic E-state index is -0.114. The van der Waals surface area contributed by atoms with E-state index in [4.69, 9.17) is 0 Å². The fraction of sp³-hybridized carbons (Fsp3) is 0.353. The molecule has 0 aliphatic rings. The fourth-order valence-corrected chi connectivity index (χ4v) is 3.33. The predicted molar refractivity (Wildman–Crippen MR) is 94.4 cm³/mol. The standard InChI is InChI=1S/C17H20N4OS/c1-4-20(14-8-6-5-7-9-14)11-13-10-15(22)21-17(18-13)23-16(19-21)12(2)3/h5-10,12H,4,11H2,1-3H3. The van der Waals surface area contributed by atoms with Crippen LogP contribution in [0.4, 0.5) is 5.69 Å². The van der Waals surface area contributed by atoms with Crippen LogP contribution in [0.3, 0.4) is 0 Å². The summed E-state index contributed by atoms with van der Waals surface area (Å²) in [6, 6.07) is 11.8. The molecular formula is C17H20N4OS. The van der Waals surface area contributed by atoms with Crippen molar-refractivity contribution in [2.75, 3.05) is 11.4 Å². The van der Waals surface area contributed by atoms with E-state index in [0.29, 0.717) is 17.4 Å². The Hall–Kier alpha value is -2.21. The maximum atomic E-state index is 12.3. The minimum Gasteiger partial charge on any atom is -0.366 e. The highest BCUT2D eigenvalue weighted by molar-refractivity contribution is 7.16. The molecule has 23 heavy (non-hydrogen) atoms. The van der Waals surface area contributed by atoms with Gasteiger partial charge in [0.1, 0.15) is 5.01 Å². The van der Waals surface area contributed by atoms with Gasteiger partial charge in [0.05, 0.1) is 12.2 Å². The Balaban J connectivity index is 1.95. The van der Waals surface area contributed by atoms with Crippen LogP contribution in [0, 0.1) is 0 Å². The molecule has 0 amide bonds. The van der Waals surface area contributed by atoms with Gasteiger partial charge in [0, 0.05) is 24.2 Å². The first kappa shape index (κ1) is 15.7. The Kier molecular flexibility index (Phi) is 4.43. The van der Waals surface area contributed by atoms with E-state index < -0.39 is 0 Å². The highest BCUT2D eigenvalue weighted by atomic mass is 32.1. The van der Waals surface area contributed by atoms with Gasteiger partial charge in [0.15, 0.2) is 0 Å². The zero-order valence-corrected chi connectivity index (χ0v) is 14.4. The lowest BCUT2D eigenvalue weighted by molar-refractivity contribution is 0.768. The number of fused-ring (bicyclic) bond motifs is 1. The largest absolute Gasteiger partial charge is 0.366 e. The van der Waals surface area contributed by atoms with Gasteiger partial charge in [0.2, 0.25) is 4.96 Å². The summed E-state index contributed by atoms with van der Waals surface area (Å²) in [5.41, 5.74) is 1.79. The second-order valence-corrected chi connectivity index (χ2v) is 6.71. The van der Waals surface area contributed by atoms with Crippen molar-refractivity contribution in [2.24, 2.45) is 0 Å². The summed E-state index contributed by atoms with van der Waals surface area (Å²) in [6.07, 6.45) is 0. The second kappa shape index (κ2) is 6.50. The van der Waals surface area contributed by atoms with Gasteiger partial charge in [-0.05, 0) is 19.1 Å². The molecule has 0 saturated heterocycles. The molecule has 1 aromatic carbocycles. The number of nitrogens with zero attached hydrogens (tertiary/aromatic N) is 4. The van der Waals surface area contributed by atoms with Gasteiger partial charge in [-0.3, -0.25) is 4.79 Å². The van der Waals surface area contributed by atoms with Crippen molar-refractivity contribution in [1.82, 2.24) is 14.6 Å². The molecule has 0 unspecified atom stereocenters. The predicted octanol–water partition coefficient (Wildman–Crippen LogP) is 3.30.